The number of esters is 1. The van der Waals surface area contributed by atoms with Crippen molar-refractivity contribution in [1.29, 1.82) is 0 Å². The van der Waals surface area contributed by atoms with Crippen LogP contribution in [0.2, 0.25) is 0 Å². The molecule has 1 amide bonds. The van der Waals surface area contributed by atoms with Crippen LogP contribution in [0.1, 0.15) is 42.6 Å². The van der Waals surface area contributed by atoms with Crippen LogP contribution in [-0.4, -0.2) is 45.7 Å². The number of sulfonamides is 1. The van der Waals surface area contributed by atoms with Gasteiger partial charge in [-0.2, -0.15) is 0 Å². The maximum absolute atomic E-state index is 12.3. The molecule has 7 nitrogen and oxygen atoms in total. The SMILES string of the molecule is CCCNC(=O)[C@@H](C)OC(=O)c1ccc2c(c1)CCCN2S(C)(=O)=O. The zero-order valence-electron chi connectivity index (χ0n) is 14.7. The fourth-order valence-corrected chi connectivity index (χ4v) is 3.70. The predicted molar refractivity (Wildman–Crippen MR) is 95.1 cm³/mol. The van der Waals surface area contributed by atoms with Crippen LogP contribution in [0.15, 0.2) is 18.2 Å². The molecular weight excluding hydrogens is 344 g/mol. The van der Waals surface area contributed by atoms with Crippen LogP contribution in [-0.2, 0) is 26.0 Å². The summed E-state index contributed by atoms with van der Waals surface area (Å²) in [4.78, 5) is 24.1. The molecule has 1 aliphatic heterocycles. The van der Waals surface area contributed by atoms with Gasteiger partial charge >= 0.3 is 5.97 Å². The first-order valence-corrected chi connectivity index (χ1v) is 10.2. The van der Waals surface area contributed by atoms with Crippen LogP contribution >= 0.6 is 0 Å². The number of rotatable bonds is 6. The lowest BCUT2D eigenvalue weighted by Gasteiger charge is -2.29. The predicted octanol–water partition coefficient (Wildman–Crippen LogP) is 1.47. The van der Waals surface area contributed by atoms with Gasteiger partial charge in [0.2, 0.25) is 10.0 Å². The molecule has 1 N–H and O–H groups in total. The number of nitrogens with zero attached hydrogens (tertiary/aromatic N) is 1. The van der Waals surface area contributed by atoms with Gasteiger partial charge in [0.1, 0.15) is 0 Å². The highest BCUT2D eigenvalue weighted by atomic mass is 32.2. The highest BCUT2D eigenvalue weighted by Crippen LogP contribution is 2.30. The minimum atomic E-state index is -3.35. The monoisotopic (exact) mass is 368 g/mol. The minimum Gasteiger partial charge on any atom is -0.449 e. The average Bonchev–Trinajstić information content (AvgIpc) is 2.57. The Morgan fingerprint density at radius 2 is 2.08 bits per heavy atom. The molecular formula is C17H24N2O5S. The Hall–Kier alpha value is -2.09. The van der Waals surface area contributed by atoms with Gasteiger partial charge in [-0.1, -0.05) is 6.92 Å². The molecule has 0 saturated carbocycles. The van der Waals surface area contributed by atoms with Crippen LogP contribution in [0.25, 0.3) is 0 Å². The van der Waals surface area contributed by atoms with E-state index in [4.69, 9.17) is 4.74 Å². The lowest BCUT2D eigenvalue weighted by Crippen LogP contribution is -2.36. The first kappa shape index (κ1) is 19.2. The molecule has 0 aromatic heterocycles. The second kappa shape index (κ2) is 7.86. The molecule has 138 valence electrons. The quantitative estimate of drug-likeness (QED) is 0.768. The zero-order valence-corrected chi connectivity index (χ0v) is 15.6. The van der Waals surface area contributed by atoms with Crippen LogP contribution < -0.4 is 9.62 Å². The summed E-state index contributed by atoms with van der Waals surface area (Å²) < 4.78 is 30.3. The smallest absolute Gasteiger partial charge is 0.338 e. The molecule has 0 aliphatic carbocycles. The standard InChI is InChI=1S/C17H24N2O5S/c1-4-9-18-16(20)12(2)24-17(21)14-7-8-15-13(11-14)6-5-10-19(15)25(3,22)23/h7-8,11-12H,4-6,9-10H2,1-3H3,(H,18,20)/t12-/m1/s1. The number of hydrogen-bond acceptors (Lipinski definition) is 5. The van der Waals surface area contributed by atoms with Gasteiger partial charge in [-0.15, -0.1) is 0 Å². The summed E-state index contributed by atoms with van der Waals surface area (Å²) in [6, 6.07) is 4.79. The molecule has 0 radical (unpaired) electrons. The number of nitrogens with one attached hydrogen (secondary N) is 1. The second-order valence-electron chi connectivity index (χ2n) is 6.12. The van der Waals surface area contributed by atoms with E-state index in [9.17, 15) is 18.0 Å². The molecule has 1 aliphatic rings. The van der Waals surface area contributed by atoms with Gasteiger partial charge in [-0.3, -0.25) is 9.10 Å². The first-order valence-electron chi connectivity index (χ1n) is 8.33. The van der Waals surface area contributed by atoms with Crippen LogP contribution in [0, 0.1) is 0 Å². The molecule has 0 saturated heterocycles. The Morgan fingerprint density at radius 3 is 2.72 bits per heavy atom. The molecule has 25 heavy (non-hydrogen) atoms. The Balaban J connectivity index is 2.13. The molecule has 0 fully saturated rings. The van der Waals surface area contributed by atoms with Gasteiger partial charge in [0.05, 0.1) is 17.5 Å². The van der Waals surface area contributed by atoms with Gasteiger partial charge < -0.3 is 10.1 Å². The highest BCUT2D eigenvalue weighted by molar-refractivity contribution is 7.92. The van der Waals surface area contributed by atoms with Crippen molar-refractivity contribution in [1.82, 2.24) is 5.32 Å². The molecule has 0 spiro atoms. The molecule has 2 rings (SSSR count). The molecule has 8 heteroatoms. The largest absolute Gasteiger partial charge is 0.449 e. The van der Waals surface area contributed by atoms with E-state index >= 15 is 0 Å². The van der Waals surface area contributed by atoms with Crippen molar-refractivity contribution in [2.24, 2.45) is 0 Å². The lowest BCUT2D eigenvalue weighted by atomic mass is 10.0. The number of amides is 1. The Labute approximate surface area is 148 Å². The van der Waals surface area contributed by atoms with Crippen molar-refractivity contribution in [3.05, 3.63) is 29.3 Å². The van der Waals surface area contributed by atoms with Crippen molar-refractivity contribution in [3.8, 4) is 0 Å². The summed E-state index contributed by atoms with van der Waals surface area (Å²) in [5, 5.41) is 2.67. The van der Waals surface area contributed by atoms with Crippen LogP contribution in [0.4, 0.5) is 5.69 Å². The van der Waals surface area contributed by atoms with Gasteiger partial charge in [-0.05, 0) is 49.9 Å². The third-order valence-electron chi connectivity index (χ3n) is 3.99. The van der Waals surface area contributed by atoms with E-state index in [2.05, 4.69) is 5.32 Å². The third kappa shape index (κ3) is 4.72. The van der Waals surface area contributed by atoms with Gasteiger partial charge in [0.15, 0.2) is 6.10 Å². The van der Waals surface area contributed by atoms with E-state index in [1.54, 1.807) is 12.1 Å². The average molecular weight is 368 g/mol. The van der Waals surface area contributed by atoms with Crippen molar-refractivity contribution in [2.75, 3.05) is 23.7 Å². The number of anilines is 1. The summed E-state index contributed by atoms with van der Waals surface area (Å²) in [6.45, 7) is 4.42. The van der Waals surface area contributed by atoms with E-state index in [0.717, 1.165) is 12.0 Å². The van der Waals surface area contributed by atoms with E-state index in [0.29, 0.717) is 37.2 Å². The summed E-state index contributed by atoms with van der Waals surface area (Å²) >= 11 is 0. The van der Waals surface area contributed by atoms with Crippen LogP contribution in [0.3, 0.4) is 0 Å². The number of carbonyl (C=O) groups is 2. The van der Waals surface area contributed by atoms with Crippen LogP contribution in [0.5, 0.6) is 0 Å². The summed E-state index contributed by atoms with van der Waals surface area (Å²) in [5.74, 6) is -0.935. The molecule has 1 heterocycles. The van der Waals surface area contributed by atoms with Crippen molar-refractivity contribution >= 4 is 27.6 Å². The number of benzene rings is 1. The second-order valence-corrected chi connectivity index (χ2v) is 8.03. The minimum absolute atomic E-state index is 0.309. The van der Waals surface area contributed by atoms with Gasteiger partial charge in [0.25, 0.3) is 5.91 Å². The molecule has 0 unspecified atom stereocenters. The van der Waals surface area contributed by atoms with Gasteiger partial charge in [0, 0.05) is 13.1 Å². The normalized spacial score (nSPS) is 15.2. The van der Waals surface area contributed by atoms with E-state index in [-0.39, 0.29) is 5.91 Å². The highest BCUT2D eigenvalue weighted by Gasteiger charge is 2.25. The summed E-state index contributed by atoms with van der Waals surface area (Å²) in [6.07, 6.45) is 2.46. The Bertz CT molecular complexity index is 760. The molecule has 1 atom stereocenters. The van der Waals surface area contributed by atoms with Crippen molar-refractivity contribution in [2.45, 2.75) is 39.2 Å². The molecule has 0 bridgehead atoms. The number of fused-ring (bicyclic) bond motifs is 1. The summed E-state index contributed by atoms with van der Waals surface area (Å²) in [5.41, 5.74) is 1.69. The fourth-order valence-electron chi connectivity index (χ4n) is 2.71. The van der Waals surface area contributed by atoms with Crippen molar-refractivity contribution < 1.29 is 22.7 Å². The van der Waals surface area contributed by atoms with Gasteiger partial charge in [-0.25, -0.2) is 13.2 Å². The maximum atomic E-state index is 12.3. The number of carbonyl (C=O) groups excluding carboxylic acids is 2. The number of ether oxygens (including phenoxy) is 1. The topological polar surface area (TPSA) is 92.8 Å². The third-order valence-corrected chi connectivity index (χ3v) is 5.17. The Morgan fingerprint density at radius 1 is 1.36 bits per heavy atom. The first-order chi connectivity index (χ1) is 11.7. The number of hydrogen-bond donors (Lipinski definition) is 1. The molecule has 1 aromatic carbocycles. The van der Waals surface area contributed by atoms with E-state index < -0.39 is 22.1 Å². The maximum Gasteiger partial charge on any atom is 0.338 e. The van der Waals surface area contributed by atoms with Crippen molar-refractivity contribution in [3.63, 3.8) is 0 Å². The molecule has 1 aromatic rings. The Kier molecular flexibility index (Phi) is 6.05. The van der Waals surface area contributed by atoms with E-state index in [1.807, 2.05) is 6.92 Å². The lowest BCUT2D eigenvalue weighted by molar-refractivity contribution is -0.129. The number of aryl methyl sites for hydroxylation is 1. The van der Waals surface area contributed by atoms with E-state index in [1.165, 1.54) is 23.6 Å². The zero-order chi connectivity index (χ0) is 18.6. The fraction of sp³-hybridized carbons (Fsp3) is 0.529. The summed E-state index contributed by atoms with van der Waals surface area (Å²) in [7, 11) is -3.35.